The van der Waals surface area contributed by atoms with Crippen molar-refractivity contribution in [3.8, 4) is 0 Å². The Labute approximate surface area is 116 Å². The monoisotopic (exact) mass is 281 g/mol. The lowest BCUT2D eigenvalue weighted by atomic mass is 10.0. The van der Waals surface area contributed by atoms with E-state index in [9.17, 15) is 0 Å². The second-order valence-electron chi connectivity index (χ2n) is 3.96. The third kappa shape index (κ3) is 2.74. The molecule has 1 N–H and O–H groups in total. The lowest BCUT2D eigenvalue weighted by molar-refractivity contribution is 0.955. The van der Waals surface area contributed by atoms with Crippen molar-refractivity contribution in [2.75, 3.05) is 7.05 Å². The van der Waals surface area contributed by atoms with Gasteiger partial charge in [0.15, 0.2) is 0 Å². The second-order valence-corrected chi connectivity index (χ2v) is 4.78. The van der Waals surface area contributed by atoms with Crippen LogP contribution in [-0.2, 0) is 0 Å². The SMILES string of the molecule is CN=C1C/C(=C\c2c(Cl)cccc2Cl)C(C)=NN1. The first-order valence-corrected chi connectivity index (χ1v) is 6.28. The highest BCUT2D eigenvalue weighted by molar-refractivity contribution is 6.37. The summed E-state index contributed by atoms with van der Waals surface area (Å²) in [5.74, 6) is 0.829. The Hall–Kier alpha value is -1.32. The minimum Gasteiger partial charge on any atom is -0.274 e. The lowest BCUT2D eigenvalue weighted by Crippen LogP contribution is -2.26. The van der Waals surface area contributed by atoms with Crippen LogP contribution in [0.25, 0.3) is 6.08 Å². The maximum atomic E-state index is 6.15. The fraction of sp³-hybridized carbons (Fsp3) is 0.231. The zero-order valence-corrected chi connectivity index (χ0v) is 11.7. The first-order chi connectivity index (χ1) is 8.61. The Morgan fingerprint density at radius 2 is 2.00 bits per heavy atom. The molecule has 94 valence electrons. The number of hydrazone groups is 1. The molecule has 0 fully saturated rings. The summed E-state index contributed by atoms with van der Waals surface area (Å²) < 4.78 is 0. The predicted octanol–water partition coefficient (Wildman–Crippen LogP) is 3.77. The molecule has 18 heavy (non-hydrogen) atoms. The van der Waals surface area contributed by atoms with Crippen molar-refractivity contribution in [1.82, 2.24) is 5.43 Å². The van der Waals surface area contributed by atoms with Crippen molar-refractivity contribution < 1.29 is 0 Å². The molecule has 2 rings (SSSR count). The van der Waals surface area contributed by atoms with Gasteiger partial charge < -0.3 is 0 Å². The van der Waals surface area contributed by atoms with Crippen LogP contribution in [-0.4, -0.2) is 18.6 Å². The van der Waals surface area contributed by atoms with Crippen LogP contribution in [0.15, 0.2) is 33.9 Å². The number of benzene rings is 1. The topological polar surface area (TPSA) is 36.8 Å². The Morgan fingerprint density at radius 3 is 2.61 bits per heavy atom. The zero-order valence-electron chi connectivity index (χ0n) is 10.2. The van der Waals surface area contributed by atoms with Gasteiger partial charge in [-0.15, -0.1) is 0 Å². The Kier molecular flexibility index (Phi) is 4.04. The summed E-state index contributed by atoms with van der Waals surface area (Å²) in [5, 5.41) is 5.47. The highest BCUT2D eigenvalue weighted by Gasteiger charge is 2.13. The van der Waals surface area contributed by atoms with Gasteiger partial charge in [-0.3, -0.25) is 10.4 Å². The highest BCUT2D eigenvalue weighted by Crippen LogP contribution is 2.28. The van der Waals surface area contributed by atoms with Crippen molar-refractivity contribution in [2.24, 2.45) is 10.1 Å². The molecule has 0 bridgehead atoms. The molecule has 0 saturated heterocycles. The summed E-state index contributed by atoms with van der Waals surface area (Å²) in [4.78, 5) is 4.11. The van der Waals surface area contributed by atoms with E-state index in [2.05, 4.69) is 15.5 Å². The molecule has 1 heterocycles. The molecule has 0 spiro atoms. The van der Waals surface area contributed by atoms with E-state index in [1.165, 1.54) is 0 Å². The van der Waals surface area contributed by atoms with Gasteiger partial charge in [-0.1, -0.05) is 29.3 Å². The van der Waals surface area contributed by atoms with Crippen LogP contribution in [0.1, 0.15) is 18.9 Å². The van der Waals surface area contributed by atoms with Crippen molar-refractivity contribution in [1.29, 1.82) is 0 Å². The number of nitrogens with one attached hydrogen (secondary N) is 1. The molecular formula is C13H13Cl2N3. The number of aliphatic imine (C=N–C) groups is 1. The van der Waals surface area contributed by atoms with Gasteiger partial charge in [-0.25, -0.2) is 0 Å². The van der Waals surface area contributed by atoms with E-state index < -0.39 is 0 Å². The van der Waals surface area contributed by atoms with Crippen LogP contribution in [0.3, 0.4) is 0 Å². The summed E-state index contributed by atoms with van der Waals surface area (Å²) >= 11 is 12.3. The fourth-order valence-electron chi connectivity index (χ4n) is 1.68. The van der Waals surface area contributed by atoms with Crippen molar-refractivity contribution >= 4 is 40.8 Å². The molecular weight excluding hydrogens is 269 g/mol. The molecule has 1 aromatic carbocycles. The molecule has 0 radical (unpaired) electrons. The molecule has 0 amide bonds. The number of rotatable bonds is 1. The van der Waals surface area contributed by atoms with Gasteiger partial charge in [0.25, 0.3) is 0 Å². The van der Waals surface area contributed by atoms with Gasteiger partial charge in [-0.05, 0) is 30.7 Å². The number of amidine groups is 1. The van der Waals surface area contributed by atoms with E-state index >= 15 is 0 Å². The van der Waals surface area contributed by atoms with Gasteiger partial charge in [0.05, 0.1) is 5.71 Å². The molecule has 0 unspecified atom stereocenters. The summed E-state index contributed by atoms with van der Waals surface area (Å²) in [6.07, 6.45) is 2.67. The third-order valence-electron chi connectivity index (χ3n) is 2.76. The first kappa shape index (κ1) is 13.1. The van der Waals surface area contributed by atoms with E-state index in [-0.39, 0.29) is 0 Å². The van der Waals surface area contributed by atoms with Crippen molar-refractivity contribution in [3.05, 3.63) is 39.4 Å². The van der Waals surface area contributed by atoms with Gasteiger partial charge in [0.1, 0.15) is 5.84 Å². The number of hydrogen-bond acceptors (Lipinski definition) is 2. The Morgan fingerprint density at radius 1 is 1.33 bits per heavy atom. The molecule has 1 aromatic rings. The van der Waals surface area contributed by atoms with Crippen LogP contribution in [0.5, 0.6) is 0 Å². The average Bonchev–Trinajstić information content (AvgIpc) is 2.36. The summed E-state index contributed by atoms with van der Waals surface area (Å²) in [6.45, 7) is 1.94. The minimum atomic E-state index is 0.635. The molecule has 0 aliphatic carbocycles. The Bertz CT molecular complexity index is 539. The molecule has 0 aromatic heterocycles. The van der Waals surface area contributed by atoms with Crippen LogP contribution < -0.4 is 5.43 Å². The van der Waals surface area contributed by atoms with Gasteiger partial charge in [-0.2, -0.15) is 5.10 Å². The van der Waals surface area contributed by atoms with Crippen LogP contribution in [0.4, 0.5) is 0 Å². The van der Waals surface area contributed by atoms with E-state index in [1.54, 1.807) is 7.05 Å². The zero-order chi connectivity index (χ0) is 13.1. The van der Waals surface area contributed by atoms with Gasteiger partial charge >= 0.3 is 0 Å². The summed E-state index contributed by atoms with van der Waals surface area (Å²) in [6, 6.07) is 5.47. The number of hydrogen-bond donors (Lipinski definition) is 1. The second kappa shape index (κ2) is 5.55. The maximum Gasteiger partial charge on any atom is 0.121 e. The highest BCUT2D eigenvalue weighted by atomic mass is 35.5. The van der Waals surface area contributed by atoms with Gasteiger partial charge in [0.2, 0.25) is 0 Å². The lowest BCUT2D eigenvalue weighted by Gasteiger charge is -2.16. The van der Waals surface area contributed by atoms with Crippen molar-refractivity contribution in [3.63, 3.8) is 0 Å². The van der Waals surface area contributed by atoms with E-state index in [4.69, 9.17) is 23.2 Å². The van der Waals surface area contributed by atoms with E-state index in [0.29, 0.717) is 16.5 Å². The molecule has 0 atom stereocenters. The van der Waals surface area contributed by atoms with E-state index in [1.807, 2.05) is 31.2 Å². The largest absolute Gasteiger partial charge is 0.274 e. The number of nitrogens with zero attached hydrogens (tertiary/aromatic N) is 2. The summed E-state index contributed by atoms with van der Waals surface area (Å²) in [7, 11) is 1.73. The maximum absolute atomic E-state index is 6.15. The molecule has 1 aliphatic heterocycles. The molecule has 0 saturated carbocycles. The molecule has 5 heteroatoms. The van der Waals surface area contributed by atoms with Crippen LogP contribution in [0, 0.1) is 0 Å². The minimum absolute atomic E-state index is 0.635. The fourth-order valence-corrected chi connectivity index (χ4v) is 2.18. The standard InChI is InChI=1S/C13H13Cl2N3/c1-8-9(7-13(16-2)18-17-8)6-10-11(14)4-3-5-12(10)15/h3-6H,7H2,1-2H3,(H,16,18)/b9-6+. The molecule has 1 aliphatic rings. The van der Waals surface area contributed by atoms with Crippen molar-refractivity contribution in [2.45, 2.75) is 13.3 Å². The molecule has 3 nitrogen and oxygen atoms in total. The predicted molar refractivity (Wildman–Crippen MR) is 78.7 cm³/mol. The number of halogens is 2. The smallest absolute Gasteiger partial charge is 0.121 e. The normalized spacial score (nSPS) is 19.9. The average molecular weight is 282 g/mol. The van der Waals surface area contributed by atoms with Gasteiger partial charge in [0, 0.05) is 29.1 Å². The van der Waals surface area contributed by atoms with E-state index in [0.717, 1.165) is 22.7 Å². The quantitative estimate of drug-likeness (QED) is 0.836. The first-order valence-electron chi connectivity index (χ1n) is 5.52. The van der Waals surface area contributed by atoms with Crippen LogP contribution in [0.2, 0.25) is 10.0 Å². The third-order valence-corrected chi connectivity index (χ3v) is 3.42. The summed E-state index contributed by atoms with van der Waals surface area (Å²) in [5.41, 5.74) is 5.69. The Balaban J connectivity index is 2.44. The van der Waals surface area contributed by atoms with Crippen LogP contribution >= 0.6 is 23.2 Å².